The second kappa shape index (κ2) is 5.13. The molecular weight excluding hydrogens is 176 g/mol. The predicted molar refractivity (Wildman–Crippen MR) is 61.2 cm³/mol. The Bertz CT molecular complexity index is 138. The number of nitrogens with one attached hydrogen (secondary N) is 2. The SMILES string of the molecule is CCN[Si](C)(NCC)C1CCCC1. The molecule has 1 aliphatic carbocycles. The molecule has 0 bridgehead atoms. The molecule has 0 aliphatic heterocycles. The zero-order valence-corrected chi connectivity index (χ0v) is 10.3. The second-order valence-electron chi connectivity index (χ2n) is 4.24. The summed E-state index contributed by atoms with van der Waals surface area (Å²) in [5.74, 6) is 0. The maximum absolute atomic E-state index is 3.73. The molecule has 0 atom stereocenters. The van der Waals surface area contributed by atoms with Gasteiger partial charge in [0.25, 0.3) is 0 Å². The van der Waals surface area contributed by atoms with Crippen molar-refractivity contribution in [2.45, 2.75) is 51.6 Å². The molecule has 13 heavy (non-hydrogen) atoms. The lowest BCUT2D eigenvalue weighted by Crippen LogP contribution is -2.62. The van der Waals surface area contributed by atoms with Crippen molar-refractivity contribution in [3.8, 4) is 0 Å². The van der Waals surface area contributed by atoms with E-state index in [1.807, 2.05) is 0 Å². The van der Waals surface area contributed by atoms with E-state index in [2.05, 4.69) is 30.4 Å². The Morgan fingerprint density at radius 1 is 1.08 bits per heavy atom. The molecule has 3 heteroatoms. The van der Waals surface area contributed by atoms with E-state index in [0.717, 1.165) is 18.6 Å². The molecule has 0 radical (unpaired) electrons. The van der Waals surface area contributed by atoms with Crippen molar-refractivity contribution in [1.82, 2.24) is 9.96 Å². The largest absolute Gasteiger partial charge is 0.326 e. The van der Waals surface area contributed by atoms with Gasteiger partial charge < -0.3 is 9.96 Å². The van der Waals surface area contributed by atoms with E-state index in [1.54, 1.807) is 0 Å². The third-order valence-electron chi connectivity index (χ3n) is 3.26. The minimum atomic E-state index is -1.32. The molecule has 0 aromatic rings. The predicted octanol–water partition coefficient (Wildman–Crippen LogP) is 2.22. The van der Waals surface area contributed by atoms with Gasteiger partial charge in [0.1, 0.15) is 0 Å². The molecule has 0 aromatic carbocycles. The van der Waals surface area contributed by atoms with Gasteiger partial charge in [-0.3, -0.25) is 0 Å². The van der Waals surface area contributed by atoms with Gasteiger partial charge in [0, 0.05) is 0 Å². The first kappa shape index (κ1) is 11.2. The van der Waals surface area contributed by atoms with Gasteiger partial charge in [0.15, 0.2) is 0 Å². The van der Waals surface area contributed by atoms with Gasteiger partial charge in [-0.05, 0) is 25.2 Å². The van der Waals surface area contributed by atoms with E-state index in [1.165, 1.54) is 25.7 Å². The molecule has 1 saturated carbocycles. The van der Waals surface area contributed by atoms with Gasteiger partial charge in [0.2, 0.25) is 8.40 Å². The van der Waals surface area contributed by atoms with Crippen molar-refractivity contribution in [3.63, 3.8) is 0 Å². The van der Waals surface area contributed by atoms with Crippen LogP contribution in [0.5, 0.6) is 0 Å². The first-order chi connectivity index (χ1) is 6.23. The molecule has 1 aliphatic rings. The normalized spacial score (nSPS) is 19.6. The minimum Gasteiger partial charge on any atom is -0.326 e. The van der Waals surface area contributed by atoms with Crippen LogP contribution in [-0.4, -0.2) is 21.5 Å². The summed E-state index contributed by atoms with van der Waals surface area (Å²) >= 11 is 0. The Labute approximate surface area is 83.7 Å². The van der Waals surface area contributed by atoms with Crippen molar-refractivity contribution in [3.05, 3.63) is 0 Å². The summed E-state index contributed by atoms with van der Waals surface area (Å²) in [6.07, 6.45) is 5.79. The van der Waals surface area contributed by atoms with Crippen LogP contribution in [0.4, 0.5) is 0 Å². The van der Waals surface area contributed by atoms with E-state index < -0.39 is 8.40 Å². The maximum Gasteiger partial charge on any atom is 0.201 e. The summed E-state index contributed by atoms with van der Waals surface area (Å²) < 4.78 is 0. The topological polar surface area (TPSA) is 24.1 Å². The van der Waals surface area contributed by atoms with Crippen molar-refractivity contribution in [2.24, 2.45) is 0 Å². The Hall–Kier alpha value is 0.137. The van der Waals surface area contributed by atoms with Crippen LogP contribution < -0.4 is 9.96 Å². The summed E-state index contributed by atoms with van der Waals surface area (Å²) in [5.41, 5.74) is 0.965. The highest BCUT2D eigenvalue weighted by atomic mass is 28.3. The first-order valence-corrected chi connectivity index (χ1v) is 8.30. The van der Waals surface area contributed by atoms with Gasteiger partial charge in [-0.15, -0.1) is 0 Å². The smallest absolute Gasteiger partial charge is 0.201 e. The highest BCUT2D eigenvalue weighted by Gasteiger charge is 2.37. The molecule has 0 spiro atoms. The molecule has 1 fully saturated rings. The van der Waals surface area contributed by atoms with Crippen molar-refractivity contribution < 1.29 is 0 Å². The lowest BCUT2D eigenvalue weighted by molar-refractivity contribution is 0.734. The molecular formula is C10H24N2Si. The fourth-order valence-electron chi connectivity index (χ4n) is 2.59. The molecule has 1 rings (SSSR count). The van der Waals surface area contributed by atoms with E-state index in [9.17, 15) is 0 Å². The molecule has 0 saturated heterocycles. The standard InChI is InChI=1S/C10H24N2Si/c1-4-11-13(3,12-5-2)10-8-6-7-9-10/h10-12H,4-9H2,1-3H3. The van der Waals surface area contributed by atoms with E-state index >= 15 is 0 Å². The molecule has 0 heterocycles. The monoisotopic (exact) mass is 200 g/mol. The quantitative estimate of drug-likeness (QED) is 0.665. The van der Waals surface area contributed by atoms with Crippen molar-refractivity contribution in [1.29, 1.82) is 0 Å². The highest BCUT2D eigenvalue weighted by Crippen LogP contribution is 2.35. The number of hydrogen-bond donors (Lipinski definition) is 2. The molecule has 0 aromatic heterocycles. The third-order valence-corrected chi connectivity index (χ3v) is 7.65. The fourth-order valence-corrected chi connectivity index (χ4v) is 6.32. The molecule has 2 nitrogen and oxygen atoms in total. The average molecular weight is 200 g/mol. The van der Waals surface area contributed by atoms with Gasteiger partial charge in [-0.2, -0.15) is 0 Å². The number of hydrogen-bond acceptors (Lipinski definition) is 2. The summed E-state index contributed by atoms with van der Waals surface area (Å²) in [7, 11) is -1.32. The highest BCUT2D eigenvalue weighted by molar-refractivity contribution is 6.75. The number of rotatable bonds is 5. The maximum atomic E-state index is 3.73. The van der Waals surface area contributed by atoms with Gasteiger partial charge >= 0.3 is 0 Å². The lowest BCUT2D eigenvalue weighted by Gasteiger charge is -2.34. The molecule has 0 unspecified atom stereocenters. The Kier molecular flexibility index (Phi) is 4.42. The van der Waals surface area contributed by atoms with Crippen LogP contribution in [0.15, 0.2) is 0 Å². The van der Waals surface area contributed by atoms with Gasteiger partial charge in [-0.1, -0.05) is 39.5 Å². The van der Waals surface area contributed by atoms with Crippen molar-refractivity contribution >= 4 is 8.40 Å². The second-order valence-corrected chi connectivity index (χ2v) is 8.17. The Balaban J connectivity index is 2.52. The van der Waals surface area contributed by atoms with Crippen LogP contribution in [0.3, 0.4) is 0 Å². The van der Waals surface area contributed by atoms with Crippen LogP contribution in [0.2, 0.25) is 12.1 Å². The van der Waals surface area contributed by atoms with Gasteiger partial charge in [0.05, 0.1) is 0 Å². The third kappa shape index (κ3) is 2.79. The molecule has 2 N–H and O–H groups in total. The first-order valence-electron chi connectivity index (χ1n) is 5.73. The van der Waals surface area contributed by atoms with E-state index in [-0.39, 0.29) is 0 Å². The summed E-state index contributed by atoms with van der Waals surface area (Å²) in [6.45, 7) is 9.13. The molecule has 0 amide bonds. The van der Waals surface area contributed by atoms with Crippen molar-refractivity contribution in [2.75, 3.05) is 13.1 Å². The van der Waals surface area contributed by atoms with Crippen LogP contribution in [0.1, 0.15) is 39.5 Å². The zero-order valence-electron chi connectivity index (χ0n) is 9.32. The van der Waals surface area contributed by atoms with Gasteiger partial charge in [-0.25, -0.2) is 0 Å². The van der Waals surface area contributed by atoms with E-state index in [0.29, 0.717) is 0 Å². The fraction of sp³-hybridized carbons (Fsp3) is 1.00. The summed E-state index contributed by atoms with van der Waals surface area (Å²) in [6, 6.07) is 0. The van der Waals surface area contributed by atoms with Crippen LogP contribution in [-0.2, 0) is 0 Å². The average Bonchev–Trinajstić information content (AvgIpc) is 2.57. The Morgan fingerprint density at radius 2 is 1.54 bits per heavy atom. The molecule has 78 valence electrons. The van der Waals surface area contributed by atoms with E-state index in [4.69, 9.17) is 0 Å². The van der Waals surface area contributed by atoms with Crippen LogP contribution >= 0.6 is 0 Å². The van der Waals surface area contributed by atoms with Crippen LogP contribution in [0, 0.1) is 0 Å². The lowest BCUT2D eigenvalue weighted by atomic mass is 10.4. The summed E-state index contributed by atoms with van der Waals surface area (Å²) in [5, 5.41) is 0. The zero-order chi connectivity index (χ0) is 9.73. The van der Waals surface area contributed by atoms with Crippen LogP contribution in [0.25, 0.3) is 0 Å². The summed E-state index contributed by atoms with van der Waals surface area (Å²) in [4.78, 5) is 7.46. The Morgan fingerprint density at radius 3 is 1.92 bits per heavy atom. The minimum absolute atomic E-state index is 0.965.